The highest BCUT2D eigenvalue weighted by Crippen LogP contribution is 2.36. The van der Waals surface area contributed by atoms with E-state index in [9.17, 15) is 4.79 Å². The Hall–Kier alpha value is -2.36. The maximum atomic E-state index is 10.8. The summed E-state index contributed by atoms with van der Waals surface area (Å²) in [5.41, 5.74) is 2.62. The number of carbonyl (C=O) groups excluding carboxylic acids is 1. The lowest BCUT2D eigenvalue weighted by Crippen LogP contribution is -2.20. The highest BCUT2D eigenvalue weighted by atomic mass is 16.5. The van der Waals surface area contributed by atoms with E-state index in [1.807, 2.05) is 37.3 Å². The minimum absolute atomic E-state index is 0.602. The summed E-state index contributed by atoms with van der Waals surface area (Å²) in [6, 6.07) is 9.84. The van der Waals surface area contributed by atoms with Crippen LogP contribution in [0.4, 0.5) is 11.5 Å². The number of fused-ring (bicyclic) bond motifs is 1. The summed E-state index contributed by atoms with van der Waals surface area (Å²) in [5, 5.41) is 0. The number of ether oxygens (including phenoxy) is 1. The minimum Gasteiger partial charge on any atom is -0.491 e. The fourth-order valence-corrected chi connectivity index (χ4v) is 2.48. The van der Waals surface area contributed by atoms with Crippen molar-refractivity contribution in [2.45, 2.75) is 13.3 Å². The molecule has 0 amide bonds. The van der Waals surface area contributed by atoms with Crippen LogP contribution in [0.5, 0.6) is 5.75 Å². The molecule has 3 rings (SSSR count). The zero-order valence-electron chi connectivity index (χ0n) is 11.4. The molecule has 1 aliphatic rings. The van der Waals surface area contributed by atoms with Gasteiger partial charge in [0, 0.05) is 18.3 Å². The molecule has 2 aromatic rings. The molecule has 4 heteroatoms. The molecule has 1 aromatic carbocycles. The van der Waals surface area contributed by atoms with Crippen LogP contribution in [0.2, 0.25) is 0 Å². The summed E-state index contributed by atoms with van der Waals surface area (Å²) >= 11 is 0. The Labute approximate surface area is 118 Å². The zero-order chi connectivity index (χ0) is 13.9. The van der Waals surface area contributed by atoms with Gasteiger partial charge in [-0.15, -0.1) is 0 Å². The van der Waals surface area contributed by atoms with Gasteiger partial charge in [0.2, 0.25) is 0 Å². The van der Waals surface area contributed by atoms with Crippen LogP contribution in [0, 0.1) is 6.92 Å². The highest BCUT2D eigenvalue weighted by Gasteiger charge is 2.19. The van der Waals surface area contributed by atoms with Gasteiger partial charge >= 0.3 is 0 Å². The van der Waals surface area contributed by atoms with Crippen molar-refractivity contribution in [2.24, 2.45) is 0 Å². The molecule has 0 atom stereocenters. The van der Waals surface area contributed by atoms with Gasteiger partial charge in [0.05, 0.1) is 12.3 Å². The van der Waals surface area contributed by atoms with Crippen molar-refractivity contribution in [3.05, 3.63) is 47.7 Å². The molecule has 2 heterocycles. The van der Waals surface area contributed by atoms with Gasteiger partial charge in [-0.1, -0.05) is 12.1 Å². The molecule has 0 N–H and O–H groups in total. The number of nitrogens with zero attached hydrogens (tertiary/aromatic N) is 2. The SMILES string of the molecule is Cc1cc(C=O)cnc1N1CCCOc2ccccc21. The summed E-state index contributed by atoms with van der Waals surface area (Å²) in [6.45, 7) is 3.54. The van der Waals surface area contributed by atoms with E-state index < -0.39 is 0 Å². The predicted molar refractivity (Wildman–Crippen MR) is 77.9 cm³/mol. The van der Waals surface area contributed by atoms with Gasteiger partial charge in [0.1, 0.15) is 11.6 Å². The fraction of sp³-hybridized carbons (Fsp3) is 0.250. The number of aromatic nitrogens is 1. The molecule has 0 fully saturated rings. The van der Waals surface area contributed by atoms with Crippen molar-refractivity contribution in [3.63, 3.8) is 0 Å². The van der Waals surface area contributed by atoms with Crippen LogP contribution in [0.3, 0.4) is 0 Å². The third-order valence-electron chi connectivity index (χ3n) is 3.40. The molecule has 0 saturated carbocycles. The van der Waals surface area contributed by atoms with Crippen molar-refractivity contribution in [1.29, 1.82) is 0 Å². The van der Waals surface area contributed by atoms with E-state index >= 15 is 0 Å². The van der Waals surface area contributed by atoms with Crippen LogP contribution in [0.25, 0.3) is 0 Å². The Balaban J connectivity index is 2.07. The van der Waals surface area contributed by atoms with E-state index in [1.54, 1.807) is 6.20 Å². The van der Waals surface area contributed by atoms with Crippen LogP contribution in [0.15, 0.2) is 36.5 Å². The summed E-state index contributed by atoms with van der Waals surface area (Å²) < 4.78 is 5.76. The van der Waals surface area contributed by atoms with Crippen LogP contribution in [0.1, 0.15) is 22.3 Å². The van der Waals surface area contributed by atoms with E-state index in [0.717, 1.165) is 42.1 Å². The van der Waals surface area contributed by atoms with Gasteiger partial charge in [-0.05, 0) is 37.1 Å². The van der Waals surface area contributed by atoms with Crippen molar-refractivity contribution < 1.29 is 9.53 Å². The number of hydrogen-bond acceptors (Lipinski definition) is 4. The molecule has 0 bridgehead atoms. The van der Waals surface area contributed by atoms with E-state index in [4.69, 9.17) is 4.74 Å². The van der Waals surface area contributed by atoms with Gasteiger partial charge < -0.3 is 9.64 Å². The topological polar surface area (TPSA) is 42.4 Å². The zero-order valence-corrected chi connectivity index (χ0v) is 11.4. The Kier molecular flexibility index (Phi) is 3.37. The van der Waals surface area contributed by atoms with E-state index in [-0.39, 0.29) is 0 Å². The molecule has 1 aromatic heterocycles. The first-order valence-corrected chi connectivity index (χ1v) is 6.71. The fourth-order valence-electron chi connectivity index (χ4n) is 2.48. The third kappa shape index (κ3) is 2.25. The first kappa shape index (κ1) is 12.7. The number of hydrogen-bond donors (Lipinski definition) is 0. The van der Waals surface area contributed by atoms with Gasteiger partial charge in [0.25, 0.3) is 0 Å². The number of benzene rings is 1. The molecule has 0 radical (unpaired) electrons. The summed E-state index contributed by atoms with van der Waals surface area (Å²) in [6.07, 6.45) is 3.37. The monoisotopic (exact) mass is 268 g/mol. The normalized spacial score (nSPS) is 14.2. The average molecular weight is 268 g/mol. The maximum Gasteiger partial charge on any atom is 0.151 e. The highest BCUT2D eigenvalue weighted by molar-refractivity contribution is 5.77. The van der Waals surface area contributed by atoms with Crippen LogP contribution < -0.4 is 9.64 Å². The van der Waals surface area contributed by atoms with Crippen LogP contribution in [-0.4, -0.2) is 24.4 Å². The van der Waals surface area contributed by atoms with E-state index in [2.05, 4.69) is 9.88 Å². The summed E-state index contributed by atoms with van der Waals surface area (Å²) in [5.74, 6) is 1.76. The molecular formula is C16H16N2O2. The van der Waals surface area contributed by atoms with Gasteiger partial charge in [-0.2, -0.15) is 0 Å². The second kappa shape index (κ2) is 5.33. The second-order valence-electron chi connectivity index (χ2n) is 4.85. The minimum atomic E-state index is 0.602. The molecule has 0 aliphatic carbocycles. The third-order valence-corrected chi connectivity index (χ3v) is 3.40. The Morgan fingerprint density at radius 3 is 3.00 bits per heavy atom. The summed E-state index contributed by atoms with van der Waals surface area (Å²) in [4.78, 5) is 17.4. The number of aldehydes is 1. The molecule has 1 aliphatic heterocycles. The molecule has 0 unspecified atom stereocenters. The van der Waals surface area contributed by atoms with Crippen molar-refractivity contribution >= 4 is 17.8 Å². The Bertz CT molecular complexity index is 640. The van der Waals surface area contributed by atoms with Crippen molar-refractivity contribution in [3.8, 4) is 5.75 Å². The average Bonchev–Trinajstić information content (AvgIpc) is 2.69. The molecule has 0 spiro atoms. The number of para-hydroxylation sites is 2. The molecule has 102 valence electrons. The largest absolute Gasteiger partial charge is 0.491 e. The number of carbonyl (C=O) groups is 1. The Morgan fingerprint density at radius 1 is 1.35 bits per heavy atom. The molecule has 0 saturated heterocycles. The second-order valence-corrected chi connectivity index (χ2v) is 4.85. The number of pyridine rings is 1. The number of aryl methyl sites for hydroxylation is 1. The van der Waals surface area contributed by atoms with Crippen molar-refractivity contribution in [2.75, 3.05) is 18.1 Å². The molecule has 4 nitrogen and oxygen atoms in total. The van der Waals surface area contributed by atoms with Crippen LogP contribution >= 0.6 is 0 Å². The quantitative estimate of drug-likeness (QED) is 0.785. The molecule has 20 heavy (non-hydrogen) atoms. The first-order chi connectivity index (χ1) is 9.79. The smallest absolute Gasteiger partial charge is 0.151 e. The van der Waals surface area contributed by atoms with Crippen molar-refractivity contribution in [1.82, 2.24) is 4.98 Å². The summed E-state index contributed by atoms with van der Waals surface area (Å²) in [7, 11) is 0. The lowest BCUT2D eigenvalue weighted by atomic mass is 10.2. The lowest BCUT2D eigenvalue weighted by Gasteiger charge is -2.24. The van der Waals surface area contributed by atoms with Gasteiger partial charge in [0.15, 0.2) is 6.29 Å². The van der Waals surface area contributed by atoms with E-state index in [0.29, 0.717) is 12.2 Å². The van der Waals surface area contributed by atoms with E-state index in [1.165, 1.54) is 0 Å². The standard InChI is InChI=1S/C16H16N2O2/c1-12-9-13(11-19)10-17-16(12)18-7-4-8-20-15-6-3-2-5-14(15)18/h2-3,5-6,9-11H,4,7-8H2,1H3. The van der Waals surface area contributed by atoms with Gasteiger partial charge in [-0.3, -0.25) is 4.79 Å². The number of anilines is 2. The number of rotatable bonds is 2. The van der Waals surface area contributed by atoms with Crippen LogP contribution in [-0.2, 0) is 0 Å². The maximum absolute atomic E-state index is 10.8. The van der Waals surface area contributed by atoms with Gasteiger partial charge in [-0.25, -0.2) is 4.98 Å². The first-order valence-electron chi connectivity index (χ1n) is 6.71. The predicted octanol–water partition coefficient (Wildman–Crippen LogP) is 3.12. The Morgan fingerprint density at radius 2 is 2.20 bits per heavy atom. The lowest BCUT2D eigenvalue weighted by molar-refractivity contribution is 0.112. The molecular weight excluding hydrogens is 252 g/mol.